The summed E-state index contributed by atoms with van der Waals surface area (Å²) in [7, 11) is 0. The lowest BCUT2D eigenvalue weighted by molar-refractivity contribution is 0.340. The van der Waals surface area contributed by atoms with Crippen LogP contribution in [0.15, 0.2) is 47.4 Å². The summed E-state index contributed by atoms with van der Waals surface area (Å²) in [5.74, 6) is 0.930. The molecule has 0 saturated carbocycles. The van der Waals surface area contributed by atoms with E-state index in [1.165, 1.54) is 16.0 Å². The van der Waals surface area contributed by atoms with E-state index in [0.29, 0.717) is 6.61 Å². The van der Waals surface area contributed by atoms with Crippen LogP contribution >= 0.6 is 11.8 Å². The van der Waals surface area contributed by atoms with Gasteiger partial charge < -0.3 is 10.1 Å². The molecule has 0 saturated heterocycles. The minimum atomic E-state index is 0.702. The van der Waals surface area contributed by atoms with Crippen LogP contribution in [-0.2, 0) is 6.54 Å². The quantitative estimate of drug-likeness (QED) is 0.776. The summed E-state index contributed by atoms with van der Waals surface area (Å²) in [5, 5.41) is 3.47. The molecule has 0 heterocycles. The van der Waals surface area contributed by atoms with E-state index >= 15 is 0 Å². The number of rotatable bonds is 6. The molecule has 0 aliphatic heterocycles. The van der Waals surface area contributed by atoms with Crippen LogP contribution in [0.2, 0.25) is 0 Å². The molecule has 0 spiro atoms. The van der Waals surface area contributed by atoms with E-state index in [4.69, 9.17) is 4.74 Å². The number of benzene rings is 2. The molecule has 0 atom stereocenters. The smallest absolute Gasteiger partial charge is 0.119 e. The average molecular weight is 287 g/mol. The van der Waals surface area contributed by atoms with E-state index in [1.54, 1.807) is 11.8 Å². The first-order valence-electron chi connectivity index (χ1n) is 6.83. The van der Waals surface area contributed by atoms with Gasteiger partial charge in [0.25, 0.3) is 0 Å². The third-order valence-corrected chi connectivity index (χ3v) is 3.89. The zero-order valence-corrected chi connectivity index (χ0v) is 13.1. The second kappa shape index (κ2) is 7.25. The van der Waals surface area contributed by atoms with Crippen molar-refractivity contribution in [1.82, 2.24) is 0 Å². The number of thioether (sulfide) groups is 1. The van der Waals surface area contributed by atoms with Crippen molar-refractivity contribution in [1.29, 1.82) is 0 Å². The molecule has 2 aromatic rings. The van der Waals surface area contributed by atoms with Crippen molar-refractivity contribution in [3.8, 4) is 5.75 Å². The minimum absolute atomic E-state index is 0.702. The maximum atomic E-state index is 5.50. The van der Waals surface area contributed by atoms with Crippen molar-refractivity contribution < 1.29 is 4.74 Å². The lowest BCUT2D eigenvalue weighted by Gasteiger charge is -2.12. The number of hydrogen-bond acceptors (Lipinski definition) is 3. The Morgan fingerprint density at radius 3 is 2.45 bits per heavy atom. The van der Waals surface area contributed by atoms with Crippen LogP contribution in [0.5, 0.6) is 5.75 Å². The van der Waals surface area contributed by atoms with E-state index in [9.17, 15) is 0 Å². The van der Waals surface area contributed by atoms with Crippen molar-refractivity contribution in [2.24, 2.45) is 0 Å². The lowest BCUT2D eigenvalue weighted by atomic mass is 10.1. The van der Waals surface area contributed by atoms with Crippen molar-refractivity contribution >= 4 is 17.4 Å². The number of hydrogen-bond donors (Lipinski definition) is 1. The molecule has 0 bridgehead atoms. The Hall–Kier alpha value is -1.61. The maximum Gasteiger partial charge on any atom is 0.119 e. The summed E-state index contributed by atoms with van der Waals surface area (Å²) in [6.07, 6.45) is 2.09. The molecule has 2 rings (SSSR count). The number of ether oxygens (including phenoxy) is 1. The summed E-state index contributed by atoms with van der Waals surface area (Å²) >= 11 is 1.77. The van der Waals surface area contributed by atoms with Gasteiger partial charge in [-0.1, -0.05) is 12.1 Å². The Labute approximate surface area is 125 Å². The summed E-state index contributed by atoms with van der Waals surface area (Å²) in [4.78, 5) is 1.30. The number of aryl methyl sites for hydroxylation is 1. The van der Waals surface area contributed by atoms with Crippen molar-refractivity contribution in [3.05, 3.63) is 53.6 Å². The van der Waals surface area contributed by atoms with Gasteiger partial charge in [-0.2, -0.15) is 0 Å². The Balaban J connectivity index is 1.99. The van der Waals surface area contributed by atoms with Gasteiger partial charge in [0.2, 0.25) is 0 Å². The number of anilines is 1. The first-order valence-corrected chi connectivity index (χ1v) is 8.05. The van der Waals surface area contributed by atoms with Gasteiger partial charge in [0.05, 0.1) is 6.61 Å². The van der Waals surface area contributed by atoms with Crippen molar-refractivity contribution in [2.75, 3.05) is 18.2 Å². The highest BCUT2D eigenvalue weighted by Gasteiger charge is 2.01. The van der Waals surface area contributed by atoms with Crippen LogP contribution in [0.4, 0.5) is 5.69 Å². The molecular formula is C17H21NOS. The standard InChI is InChI=1S/C17H21NOS/c1-4-19-15-7-10-17(13(2)11-15)18-12-14-5-8-16(20-3)9-6-14/h5-11,18H,4,12H2,1-3H3. The zero-order valence-electron chi connectivity index (χ0n) is 12.3. The summed E-state index contributed by atoms with van der Waals surface area (Å²) in [6.45, 7) is 5.64. The first-order chi connectivity index (χ1) is 9.72. The number of nitrogens with one attached hydrogen (secondary N) is 1. The van der Waals surface area contributed by atoms with Gasteiger partial charge >= 0.3 is 0 Å². The third kappa shape index (κ3) is 3.94. The third-order valence-electron chi connectivity index (χ3n) is 3.15. The highest BCUT2D eigenvalue weighted by Crippen LogP contribution is 2.22. The molecule has 20 heavy (non-hydrogen) atoms. The molecule has 0 aromatic heterocycles. The van der Waals surface area contributed by atoms with Crippen LogP contribution in [0, 0.1) is 6.92 Å². The molecule has 0 aliphatic carbocycles. The predicted octanol–water partition coefficient (Wildman–Crippen LogP) is 4.73. The fourth-order valence-electron chi connectivity index (χ4n) is 2.03. The fourth-order valence-corrected chi connectivity index (χ4v) is 2.44. The molecule has 106 valence electrons. The van der Waals surface area contributed by atoms with E-state index in [2.05, 4.69) is 54.9 Å². The van der Waals surface area contributed by atoms with Gasteiger partial charge in [-0.05, 0) is 61.6 Å². The topological polar surface area (TPSA) is 21.3 Å². The van der Waals surface area contributed by atoms with Gasteiger partial charge in [-0.3, -0.25) is 0 Å². The average Bonchev–Trinajstić information content (AvgIpc) is 2.47. The van der Waals surface area contributed by atoms with E-state index in [0.717, 1.165) is 18.0 Å². The highest BCUT2D eigenvalue weighted by molar-refractivity contribution is 7.98. The van der Waals surface area contributed by atoms with Gasteiger partial charge in [0.1, 0.15) is 5.75 Å². The molecule has 3 heteroatoms. The molecule has 0 fully saturated rings. The SMILES string of the molecule is CCOc1ccc(NCc2ccc(SC)cc2)c(C)c1. The predicted molar refractivity (Wildman–Crippen MR) is 87.9 cm³/mol. The Morgan fingerprint density at radius 2 is 1.85 bits per heavy atom. The molecule has 2 nitrogen and oxygen atoms in total. The van der Waals surface area contributed by atoms with Gasteiger partial charge in [-0.25, -0.2) is 0 Å². The summed E-state index contributed by atoms with van der Waals surface area (Å²) < 4.78 is 5.50. The Bertz CT molecular complexity index is 551. The first kappa shape index (κ1) is 14.8. The normalized spacial score (nSPS) is 10.3. The minimum Gasteiger partial charge on any atom is -0.494 e. The van der Waals surface area contributed by atoms with Crippen molar-refractivity contribution in [3.63, 3.8) is 0 Å². The lowest BCUT2D eigenvalue weighted by Crippen LogP contribution is -2.01. The maximum absolute atomic E-state index is 5.50. The van der Waals surface area contributed by atoms with Crippen molar-refractivity contribution in [2.45, 2.75) is 25.3 Å². The molecular weight excluding hydrogens is 266 g/mol. The molecule has 0 aliphatic rings. The summed E-state index contributed by atoms with van der Waals surface area (Å²) in [5.41, 5.74) is 3.65. The second-order valence-electron chi connectivity index (χ2n) is 4.61. The van der Waals surface area contributed by atoms with E-state index < -0.39 is 0 Å². The van der Waals surface area contributed by atoms with Crippen LogP contribution in [-0.4, -0.2) is 12.9 Å². The van der Waals surface area contributed by atoms with Crippen LogP contribution in [0.25, 0.3) is 0 Å². The van der Waals surface area contributed by atoms with E-state index in [-0.39, 0.29) is 0 Å². The Morgan fingerprint density at radius 1 is 1.10 bits per heavy atom. The van der Waals surface area contributed by atoms with Gasteiger partial charge in [0.15, 0.2) is 0 Å². The molecule has 0 radical (unpaired) electrons. The second-order valence-corrected chi connectivity index (χ2v) is 5.49. The monoisotopic (exact) mass is 287 g/mol. The van der Waals surface area contributed by atoms with E-state index in [1.807, 2.05) is 13.0 Å². The molecule has 0 unspecified atom stereocenters. The van der Waals surface area contributed by atoms with Crippen LogP contribution in [0.1, 0.15) is 18.1 Å². The Kier molecular flexibility index (Phi) is 5.36. The van der Waals surface area contributed by atoms with Crippen LogP contribution < -0.4 is 10.1 Å². The molecule has 2 aromatic carbocycles. The van der Waals surface area contributed by atoms with Gasteiger partial charge in [0, 0.05) is 17.1 Å². The largest absolute Gasteiger partial charge is 0.494 e. The summed E-state index contributed by atoms with van der Waals surface area (Å²) in [6, 6.07) is 14.8. The molecule has 1 N–H and O–H groups in total. The highest BCUT2D eigenvalue weighted by atomic mass is 32.2. The van der Waals surface area contributed by atoms with Gasteiger partial charge in [-0.15, -0.1) is 11.8 Å². The molecule has 0 amide bonds. The fraction of sp³-hybridized carbons (Fsp3) is 0.294. The van der Waals surface area contributed by atoms with Crippen LogP contribution in [0.3, 0.4) is 0 Å². The zero-order chi connectivity index (χ0) is 14.4.